The average Bonchev–Trinajstić information content (AvgIpc) is 2.25. The van der Waals surface area contributed by atoms with Crippen LogP contribution in [0.2, 0.25) is 0 Å². The van der Waals surface area contributed by atoms with E-state index in [9.17, 15) is 4.79 Å². The molecule has 3 nitrogen and oxygen atoms in total. The minimum atomic E-state index is -0.391. The normalized spacial score (nSPS) is 8.87. The fourth-order valence-corrected chi connectivity index (χ4v) is 0.965. The van der Waals surface area contributed by atoms with Crippen molar-refractivity contribution in [1.29, 1.82) is 0 Å². The molecule has 0 spiro atoms. The van der Waals surface area contributed by atoms with Crippen molar-refractivity contribution in [3.63, 3.8) is 0 Å². The Hall–Kier alpha value is -0.406. The molecule has 0 aliphatic rings. The Morgan fingerprint density at radius 1 is 1.33 bits per heavy atom. The largest absolute Gasteiger partial charge is 0.445 e. The van der Waals surface area contributed by atoms with Gasteiger partial charge in [0.05, 0.1) is 0 Å². The first-order valence-electron chi connectivity index (χ1n) is 4.56. The molecule has 79 valence electrons. The van der Waals surface area contributed by atoms with Crippen LogP contribution >= 0.6 is 0 Å². The van der Waals surface area contributed by atoms with Crippen molar-refractivity contribution in [3.05, 3.63) is 42.8 Å². The van der Waals surface area contributed by atoms with Gasteiger partial charge < -0.3 is 17.0 Å². The molecule has 1 amide bonds. The molecule has 0 unspecified atom stereocenters. The Balaban J connectivity index is 0.00000196. The van der Waals surface area contributed by atoms with Gasteiger partial charge in [0.25, 0.3) is 0 Å². The predicted molar refractivity (Wildman–Crippen MR) is 54.6 cm³/mol. The van der Waals surface area contributed by atoms with Gasteiger partial charge in [0, 0.05) is 32.7 Å². The van der Waals surface area contributed by atoms with E-state index in [-0.39, 0.29) is 32.7 Å². The van der Waals surface area contributed by atoms with Crippen LogP contribution in [-0.2, 0) is 44.1 Å². The summed E-state index contributed by atoms with van der Waals surface area (Å²) in [4.78, 5) is 11.0. The second-order valence-electron chi connectivity index (χ2n) is 2.84. The number of nitrogens with one attached hydrogen (secondary N) is 1. The summed E-state index contributed by atoms with van der Waals surface area (Å²) in [5, 5.41) is 2.58. The van der Waals surface area contributed by atoms with Gasteiger partial charge >= 0.3 is 6.09 Å². The zero-order chi connectivity index (χ0) is 10.2. The molecule has 0 atom stereocenters. The molecule has 0 aliphatic heterocycles. The smallest absolute Gasteiger partial charge is 0.407 e. The minimum absolute atomic E-state index is 0. The van der Waals surface area contributed by atoms with Crippen molar-refractivity contribution in [1.82, 2.24) is 5.32 Å². The summed E-state index contributed by atoms with van der Waals surface area (Å²) in [6, 6.07) is 9.56. The maximum absolute atomic E-state index is 11.0. The number of rotatable bonds is 4. The van der Waals surface area contributed by atoms with E-state index in [1.54, 1.807) is 0 Å². The Labute approximate surface area is 115 Å². The summed E-state index contributed by atoms with van der Waals surface area (Å²) in [7, 11) is 0. The maximum Gasteiger partial charge on any atom is 0.407 e. The molecule has 1 rings (SSSR count). The van der Waals surface area contributed by atoms with E-state index in [0.717, 1.165) is 5.56 Å². The van der Waals surface area contributed by atoms with E-state index >= 15 is 0 Å². The molecular weight excluding hydrogens is 267 g/mol. The summed E-state index contributed by atoms with van der Waals surface area (Å²) in [5.41, 5.74) is 0.984. The van der Waals surface area contributed by atoms with Crippen LogP contribution in [0.3, 0.4) is 0 Å². The minimum Gasteiger partial charge on any atom is -0.445 e. The van der Waals surface area contributed by atoms with E-state index in [1.165, 1.54) is 0 Å². The van der Waals surface area contributed by atoms with E-state index in [4.69, 9.17) is 4.74 Å². The van der Waals surface area contributed by atoms with Crippen LogP contribution in [0.15, 0.2) is 30.3 Å². The molecule has 4 heteroatoms. The zero-order valence-corrected chi connectivity index (χ0v) is 11.4. The van der Waals surface area contributed by atoms with Gasteiger partial charge in [0.2, 0.25) is 0 Å². The maximum atomic E-state index is 11.0. The molecule has 0 aromatic heterocycles. The number of carbonyl (C=O) groups is 1. The van der Waals surface area contributed by atoms with Crippen molar-refractivity contribution in [2.45, 2.75) is 13.0 Å². The second kappa shape index (κ2) is 8.87. The second-order valence-corrected chi connectivity index (χ2v) is 2.84. The molecule has 1 aromatic carbocycles. The Bertz CT molecular complexity index is 277. The summed E-state index contributed by atoms with van der Waals surface area (Å²) >= 11 is 0. The molecule has 0 bridgehead atoms. The van der Waals surface area contributed by atoms with Crippen molar-refractivity contribution < 1.29 is 42.2 Å². The van der Waals surface area contributed by atoms with Gasteiger partial charge in [-0.1, -0.05) is 30.3 Å². The summed E-state index contributed by atoms with van der Waals surface area (Å²) in [6.45, 7) is 4.46. The summed E-state index contributed by atoms with van der Waals surface area (Å²) in [6.07, 6.45) is 0.276. The third-order valence-electron chi connectivity index (χ3n) is 1.66. The van der Waals surface area contributed by atoms with E-state index < -0.39 is 6.09 Å². The van der Waals surface area contributed by atoms with Gasteiger partial charge in [-0.2, -0.15) is 6.42 Å². The van der Waals surface area contributed by atoms with Gasteiger partial charge in [-0.05, 0) is 12.1 Å². The number of alkyl carbamates (subject to hydrolysis) is 1. The van der Waals surface area contributed by atoms with Gasteiger partial charge in [-0.3, -0.25) is 0 Å². The van der Waals surface area contributed by atoms with Crippen LogP contribution in [0.1, 0.15) is 12.0 Å². The van der Waals surface area contributed by atoms with Crippen LogP contribution in [0, 0.1) is 6.92 Å². The Kier molecular flexibility index (Phi) is 8.63. The first-order chi connectivity index (χ1) is 6.83. The number of hydrogen-bond acceptors (Lipinski definition) is 2. The van der Waals surface area contributed by atoms with Gasteiger partial charge in [-0.25, -0.2) is 4.79 Å². The van der Waals surface area contributed by atoms with E-state index in [2.05, 4.69) is 12.2 Å². The first kappa shape index (κ1) is 14.6. The standard InChI is InChI=1S/C11H14NO2.Y/c1-2-8-12-11(13)14-9-10-6-4-3-5-7-10;/h3-7H,1-2,8-9H2,(H,12,13);/q-1;. The van der Waals surface area contributed by atoms with Crippen LogP contribution < -0.4 is 5.32 Å². The number of benzene rings is 1. The van der Waals surface area contributed by atoms with E-state index in [1.807, 2.05) is 30.3 Å². The van der Waals surface area contributed by atoms with Gasteiger partial charge in [0.15, 0.2) is 0 Å². The number of amides is 1. The third kappa shape index (κ3) is 6.64. The number of hydrogen-bond donors (Lipinski definition) is 1. The molecule has 0 saturated carbocycles. The molecule has 0 fully saturated rings. The van der Waals surface area contributed by atoms with Crippen LogP contribution in [0.5, 0.6) is 0 Å². The number of carbonyl (C=O) groups excluding carboxylic acids is 1. The molecular formula is C11H14NO2Y-. The van der Waals surface area contributed by atoms with Crippen molar-refractivity contribution >= 4 is 6.09 Å². The SMILES string of the molecule is [CH2-]CCNC(=O)OCc1ccccc1.[Y]. The number of ether oxygens (including phenoxy) is 1. The van der Waals surface area contributed by atoms with Crippen LogP contribution in [-0.4, -0.2) is 12.6 Å². The average molecular weight is 281 g/mol. The van der Waals surface area contributed by atoms with Crippen molar-refractivity contribution in [3.8, 4) is 0 Å². The Morgan fingerprint density at radius 3 is 2.60 bits per heavy atom. The third-order valence-corrected chi connectivity index (χ3v) is 1.66. The van der Waals surface area contributed by atoms with Crippen molar-refractivity contribution in [2.24, 2.45) is 0 Å². The van der Waals surface area contributed by atoms with Gasteiger partial charge in [0.1, 0.15) is 6.61 Å². The van der Waals surface area contributed by atoms with Gasteiger partial charge in [-0.15, -0.1) is 0 Å². The molecule has 1 aromatic rings. The fourth-order valence-electron chi connectivity index (χ4n) is 0.965. The van der Waals surface area contributed by atoms with Crippen molar-refractivity contribution in [2.75, 3.05) is 6.54 Å². The monoisotopic (exact) mass is 281 g/mol. The first-order valence-corrected chi connectivity index (χ1v) is 4.56. The summed E-state index contributed by atoms with van der Waals surface area (Å²) < 4.78 is 4.95. The quantitative estimate of drug-likeness (QED) is 0.859. The topological polar surface area (TPSA) is 38.3 Å². The van der Waals surface area contributed by atoms with Crippen LogP contribution in [0.25, 0.3) is 0 Å². The predicted octanol–water partition coefficient (Wildman–Crippen LogP) is 2.13. The molecule has 15 heavy (non-hydrogen) atoms. The molecule has 1 radical (unpaired) electrons. The summed E-state index contributed by atoms with van der Waals surface area (Å²) in [5.74, 6) is 0. The molecule has 0 heterocycles. The zero-order valence-electron chi connectivity index (χ0n) is 8.61. The molecule has 1 N–H and O–H groups in total. The van der Waals surface area contributed by atoms with E-state index in [0.29, 0.717) is 19.6 Å². The Morgan fingerprint density at radius 2 is 2.00 bits per heavy atom. The molecule has 0 aliphatic carbocycles. The van der Waals surface area contributed by atoms with Crippen LogP contribution in [0.4, 0.5) is 4.79 Å². The fraction of sp³-hybridized carbons (Fsp3) is 0.273. The molecule has 0 saturated heterocycles.